The lowest BCUT2D eigenvalue weighted by Crippen LogP contribution is -2.47. The first kappa shape index (κ1) is 13.2. The number of ether oxygens (including phenoxy) is 1. The van der Waals surface area contributed by atoms with Crippen LogP contribution >= 0.6 is 0 Å². The topological polar surface area (TPSA) is 51.4 Å². The molecule has 0 saturated carbocycles. The summed E-state index contributed by atoms with van der Waals surface area (Å²) in [5.74, 6) is 0. The monoisotopic (exact) mass is 271 g/mol. The number of nitrogens with two attached hydrogens (primary N) is 1. The Morgan fingerprint density at radius 1 is 1.30 bits per heavy atom. The highest BCUT2D eigenvalue weighted by atomic mass is 16.5. The molecule has 1 aliphatic heterocycles. The number of hydrogen-bond acceptors (Lipinski definition) is 4. The van der Waals surface area contributed by atoms with Crippen molar-refractivity contribution in [3.8, 4) is 0 Å². The number of benzene rings is 1. The van der Waals surface area contributed by atoms with Gasteiger partial charge in [-0.15, -0.1) is 0 Å². The van der Waals surface area contributed by atoms with Crippen molar-refractivity contribution in [1.29, 1.82) is 0 Å². The lowest BCUT2D eigenvalue weighted by molar-refractivity contribution is 0.0345. The van der Waals surface area contributed by atoms with Crippen LogP contribution in [0, 0.1) is 6.92 Å². The van der Waals surface area contributed by atoms with Gasteiger partial charge in [0.25, 0.3) is 0 Å². The molecular formula is C16H21N3O. The number of hydrogen-bond donors (Lipinski definition) is 1. The van der Waals surface area contributed by atoms with Crippen LogP contribution in [0.1, 0.15) is 19.5 Å². The summed E-state index contributed by atoms with van der Waals surface area (Å²) in [7, 11) is 0. The molecule has 106 valence electrons. The summed E-state index contributed by atoms with van der Waals surface area (Å²) < 4.78 is 5.73. The van der Waals surface area contributed by atoms with E-state index < -0.39 is 0 Å². The van der Waals surface area contributed by atoms with Crippen LogP contribution in [-0.2, 0) is 4.74 Å². The third kappa shape index (κ3) is 2.31. The van der Waals surface area contributed by atoms with Gasteiger partial charge in [-0.1, -0.05) is 0 Å². The van der Waals surface area contributed by atoms with Gasteiger partial charge >= 0.3 is 0 Å². The smallest absolute Gasteiger partial charge is 0.0727 e. The van der Waals surface area contributed by atoms with Crippen LogP contribution < -0.4 is 10.6 Å². The minimum atomic E-state index is 0.246. The molecule has 4 nitrogen and oxygen atoms in total. The van der Waals surface area contributed by atoms with Gasteiger partial charge in [0.2, 0.25) is 0 Å². The second-order valence-electron chi connectivity index (χ2n) is 5.70. The Morgan fingerprint density at radius 3 is 2.90 bits per heavy atom. The Hall–Kier alpha value is -1.81. The number of nitrogen functional groups attached to an aromatic ring is 1. The van der Waals surface area contributed by atoms with Crippen LogP contribution in [-0.4, -0.2) is 30.3 Å². The average Bonchev–Trinajstić information content (AvgIpc) is 2.41. The molecular weight excluding hydrogens is 250 g/mol. The fourth-order valence-corrected chi connectivity index (χ4v) is 2.83. The van der Waals surface area contributed by atoms with Crippen LogP contribution in [0.2, 0.25) is 0 Å². The second kappa shape index (κ2) is 4.94. The number of aryl methyl sites for hydroxylation is 1. The Bertz CT molecular complexity index is 641. The molecule has 4 heteroatoms. The number of rotatable bonds is 1. The van der Waals surface area contributed by atoms with Crippen LogP contribution in [0.5, 0.6) is 0 Å². The first-order valence-corrected chi connectivity index (χ1v) is 7.09. The van der Waals surface area contributed by atoms with E-state index in [1.54, 1.807) is 0 Å². The molecule has 0 spiro atoms. The van der Waals surface area contributed by atoms with Gasteiger partial charge in [-0.2, -0.15) is 0 Å². The maximum Gasteiger partial charge on any atom is 0.0727 e. The molecule has 0 radical (unpaired) electrons. The van der Waals surface area contributed by atoms with Gasteiger partial charge in [0.05, 0.1) is 18.2 Å². The highest BCUT2D eigenvalue weighted by Gasteiger charge is 2.25. The van der Waals surface area contributed by atoms with Gasteiger partial charge in [-0.05, 0) is 45.0 Å². The molecule has 2 heterocycles. The zero-order valence-corrected chi connectivity index (χ0v) is 12.3. The van der Waals surface area contributed by atoms with Crippen LogP contribution in [0.3, 0.4) is 0 Å². The Labute approximate surface area is 119 Å². The van der Waals surface area contributed by atoms with E-state index in [9.17, 15) is 0 Å². The van der Waals surface area contributed by atoms with Crippen molar-refractivity contribution in [2.24, 2.45) is 0 Å². The molecule has 3 rings (SSSR count). The largest absolute Gasteiger partial charge is 0.399 e. The summed E-state index contributed by atoms with van der Waals surface area (Å²) >= 11 is 0. The number of pyridine rings is 1. The minimum Gasteiger partial charge on any atom is -0.399 e. The minimum absolute atomic E-state index is 0.246. The Morgan fingerprint density at radius 2 is 2.10 bits per heavy atom. The zero-order valence-electron chi connectivity index (χ0n) is 12.3. The van der Waals surface area contributed by atoms with Gasteiger partial charge in [0.1, 0.15) is 0 Å². The molecule has 0 amide bonds. The van der Waals surface area contributed by atoms with Crippen LogP contribution in [0.25, 0.3) is 10.9 Å². The fourth-order valence-electron chi connectivity index (χ4n) is 2.83. The lowest BCUT2D eigenvalue weighted by atomic mass is 10.1. The molecule has 0 aliphatic carbocycles. The molecule has 2 unspecified atom stereocenters. The van der Waals surface area contributed by atoms with Crippen molar-refractivity contribution in [3.63, 3.8) is 0 Å². The summed E-state index contributed by atoms with van der Waals surface area (Å²) in [6, 6.07) is 8.43. The Balaban J connectivity index is 2.16. The quantitative estimate of drug-likeness (QED) is 0.810. The normalized spacial score (nSPS) is 23.2. The summed E-state index contributed by atoms with van der Waals surface area (Å²) in [6.45, 7) is 8.00. The van der Waals surface area contributed by atoms with Gasteiger partial charge in [-0.3, -0.25) is 4.98 Å². The molecule has 1 fully saturated rings. The fraction of sp³-hybridized carbons (Fsp3) is 0.438. The van der Waals surface area contributed by atoms with Gasteiger partial charge in [0.15, 0.2) is 0 Å². The first-order valence-electron chi connectivity index (χ1n) is 7.09. The van der Waals surface area contributed by atoms with E-state index >= 15 is 0 Å². The van der Waals surface area contributed by atoms with E-state index in [2.05, 4.69) is 29.8 Å². The second-order valence-corrected chi connectivity index (χ2v) is 5.70. The summed E-state index contributed by atoms with van der Waals surface area (Å²) in [6.07, 6.45) is 0.246. The molecule has 2 N–H and O–H groups in total. The van der Waals surface area contributed by atoms with Gasteiger partial charge in [0, 0.05) is 35.0 Å². The SMILES string of the molecule is Cc1cc(N2CC(C)OCC2C)c2cc(N)ccc2n1. The van der Waals surface area contributed by atoms with Crippen molar-refractivity contribution in [2.75, 3.05) is 23.8 Å². The Kier molecular flexibility index (Phi) is 3.26. The van der Waals surface area contributed by atoms with Crippen molar-refractivity contribution >= 4 is 22.3 Å². The van der Waals surface area contributed by atoms with E-state index in [1.807, 2.05) is 25.1 Å². The molecule has 2 aromatic rings. The highest BCUT2D eigenvalue weighted by Crippen LogP contribution is 2.31. The molecule has 20 heavy (non-hydrogen) atoms. The van der Waals surface area contributed by atoms with Crippen molar-refractivity contribution in [3.05, 3.63) is 30.0 Å². The van der Waals surface area contributed by atoms with E-state index in [0.29, 0.717) is 6.04 Å². The van der Waals surface area contributed by atoms with E-state index in [4.69, 9.17) is 10.5 Å². The summed E-state index contributed by atoms with van der Waals surface area (Å²) in [5, 5.41) is 1.12. The molecule has 1 aromatic heterocycles. The van der Waals surface area contributed by atoms with Crippen molar-refractivity contribution < 1.29 is 4.74 Å². The lowest BCUT2D eigenvalue weighted by Gasteiger charge is -2.39. The molecule has 1 aromatic carbocycles. The first-order chi connectivity index (χ1) is 9.54. The van der Waals surface area contributed by atoms with E-state index in [-0.39, 0.29) is 6.10 Å². The zero-order chi connectivity index (χ0) is 14.3. The average molecular weight is 271 g/mol. The molecule has 2 atom stereocenters. The molecule has 0 bridgehead atoms. The summed E-state index contributed by atoms with van der Waals surface area (Å²) in [4.78, 5) is 7.01. The maximum atomic E-state index is 5.95. The van der Waals surface area contributed by atoms with Gasteiger partial charge < -0.3 is 15.4 Å². The number of aromatic nitrogens is 1. The third-order valence-corrected chi connectivity index (χ3v) is 3.86. The molecule has 1 saturated heterocycles. The van der Waals surface area contributed by atoms with Crippen molar-refractivity contribution in [1.82, 2.24) is 4.98 Å². The van der Waals surface area contributed by atoms with E-state index in [1.165, 1.54) is 5.69 Å². The third-order valence-electron chi connectivity index (χ3n) is 3.86. The maximum absolute atomic E-state index is 5.95. The van der Waals surface area contributed by atoms with Crippen LogP contribution in [0.15, 0.2) is 24.3 Å². The number of nitrogens with zero attached hydrogens (tertiary/aromatic N) is 2. The number of anilines is 2. The number of fused-ring (bicyclic) bond motifs is 1. The predicted molar refractivity (Wildman–Crippen MR) is 83.1 cm³/mol. The van der Waals surface area contributed by atoms with E-state index in [0.717, 1.165) is 35.4 Å². The van der Waals surface area contributed by atoms with Gasteiger partial charge in [-0.25, -0.2) is 0 Å². The molecule has 1 aliphatic rings. The summed E-state index contributed by atoms with van der Waals surface area (Å²) in [5.41, 5.74) is 9.97. The van der Waals surface area contributed by atoms with Crippen LogP contribution in [0.4, 0.5) is 11.4 Å². The standard InChI is InChI=1S/C16H21N3O/c1-10-6-16(19-8-12(3)20-9-11(19)2)14-7-13(17)4-5-15(14)18-10/h4-7,11-12H,8-9,17H2,1-3H3. The van der Waals surface area contributed by atoms with Crippen molar-refractivity contribution in [2.45, 2.75) is 32.9 Å². The highest BCUT2D eigenvalue weighted by molar-refractivity contribution is 5.94. The predicted octanol–water partition coefficient (Wildman–Crippen LogP) is 2.74. The number of morpholine rings is 1.